The van der Waals surface area contributed by atoms with Gasteiger partial charge in [0.1, 0.15) is 5.82 Å². The molecule has 1 aliphatic heterocycles. The van der Waals surface area contributed by atoms with Gasteiger partial charge in [0.25, 0.3) is 0 Å². The minimum atomic E-state index is 0.605. The molecule has 1 N–H and O–H groups in total. The van der Waals surface area contributed by atoms with E-state index in [4.69, 9.17) is 0 Å². The highest BCUT2D eigenvalue weighted by Crippen LogP contribution is 2.22. The maximum Gasteiger partial charge on any atom is 0.147 e. The zero-order chi connectivity index (χ0) is 12.1. The smallest absolute Gasteiger partial charge is 0.147 e. The maximum atomic E-state index is 4.51. The second-order valence-electron chi connectivity index (χ2n) is 4.73. The number of rotatable bonds is 5. The molecule has 0 aliphatic carbocycles. The number of hydrogen-bond acceptors (Lipinski definition) is 4. The summed E-state index contributed by atoms with van der Waals surface area (Å²) < 4.78 is 0. The Bertz CT molecular complexity index is 336. The summed E-state index contributed by atoms with van der Waals surface area (Å²) in [4.78, 5) is 11.3. The molecular weight excluding hydrogens is 212 g/mol. The Morgan fingerprint density at radius 3 is 2.88 bits per heavy atom. The van der Waals surface area contributed by atoms with E-state index in [2.05, 4.69) is 34.0 Å². The normalized spacial score (nSPS) is 19.9. The van der Waals surface area contributed by atoms with Crippen LogP contribution < -0.4 is 10.2 Å². The lowest BCUT2D eigenvalue weighted by molar-refractivity contribution is 0.660. The van der Waals surface area contributed by atoms with Gasteiger partial charge in [-0.2, -0.15) is 0 Å². The fourth-order valence-electron chi connectivity index (χ4n) is 2.25. The number of anilines is 1. The molecule has 2 rings (SSSR count). The first-order valence-electron chi connectivity index (χ1n) is 6.59. The minimum Gasteiger partial charge on any atom is -0.353 e. The van der Waals surface area contributed by atoms with Crippen molar-refractivity contribution in [1.29, 1.82) is 0 Å². The molecule has 1 unspecified atom stereocenters. The van der Waals surface area contributed by atoms with Crippen LogP contribution in [-0.4, -0.2) is 29.1 Å². The van der Waals surface area contributed by atoms with Crippen LogP contribution in [0, 0.1) is 0 Å². The molecule has 1 fully saturated rings. The molecule has 0 bridgehead atoms. The number of hydrogen-bond donors (Lipinski definition) is 1. The monoisotopic (exact) mass is 234 g/mol. The van der Waals surface area contributed by atoms with E-state index in [1.165, 1.54) is 12.8 Å². The van der Waals surface area contributed by atoms with E-state index in [0.29, 0.717) is 6.04 Å². The van der Waals surface area contributed by atoms with E-state index in [9.17, 15) is 0 Å². The average Bonchev–Trinajstić information content (AvgIpc) is 2.77. The van der Waals surface area contributed by atoms with Crippen LogP contribution in [-0.2, 0) is 6.54 Å². The van der Waals surface area contributed by atoms with E-state index in [1.54, 1.807) is 0 Å². The largest absolute Gasteiger partial charge is 0.353 e. The summed E-state index contributed by atoms with van der Waals surface area (Å²) in [5.74, 6) is 1.02. The van der Waals surface area contributed by atoms with Crippen molar-refractivity contribution in [2.75, 3.05) is 18.0 Å². The predicted octanol–water partition coefficient (Wildman–Crippen LogP) is 1.96. The molecule has 0 radical (unpaired) electrons. The fourth-order valence-corrected chi connectivity index (χ4v) is 2.25. The number of nitrogens with zero attached hydrogens (tertiary/aromatic N) is 3. The number of aromatic nitrogens is 2. The lowest BCUT2D eigenvalue weighted by atomic mass is 10.2. The van der Waals surface area contributed by atoms with Crippen LogP contribution in [0.1, 0.15) is 38.8 Å². The van der Waals surface area contributed by atoms with Crippen LogP contribution in [0.4, 0.5) is 5.82 Å². The van der Waals surface area contributed by atoms with E-state index in [0.717, 1.165) is 37.6 Å². The van der Waals surface area contributed by atoms with Crippen LogP contribution in [0.3, 0.4) is 0 Å². The Morgan fingerprint density at radius 1 is 1.41 bits per heavy atom. The van der Waals surface area contributed by atoms with Gasteiger partial charge in [-0.15, -0.1) is 0 Å². The van der Waals surface area contributed by atoms with Crippen molar-refractivity contribution in [3.05, 3.63) is 18.1 Å². The van der Waals surface area contributed by atoms with Gasteiger partial charge in [0.15, 0.2) is 0 Å². The summed E-state index contributed by atoms with van der Waals surface area (Å²) in [6.07, 6.45) is 7.48. The molecule has 17 heavy (non-hydrogen) atoms. The molecule has 0 aromatic carbocycles. The molecule has 94 valence electrons. The SMILES string of the molecule is CCCNCc1cnc(N2CCCC2C)cn1. The first-order chi connectivity index (χ1) is 8.31. The molecule has 1 aliphatic rings. The third-order valence-corrected chi connectivity index (χ3v) is 3.27. The molecule has 1 saturated heterocycles. The Labute approximate surface area is 103 Å². The van der Waals surface area contributed by atoms with Gasteiger partial charge >= 0.3 is 0 Å². The Morgan fingerprint density at radius 2 is 2.29 bits per heavy atom. The molecule has 4 nitrogen and oxygen atoms in total. The highest BCUT2D eigenvalue weighted by atomic mass is 15.2. The molecule has 4 heteroatoms. The van der Waals surface area contributed by atoms with Gasteiger partial charge in [-0.1, -0.05) is 6.92 Å². The van der Waals surface area contributed by atoms with Crippen molar-refractivity contribution in [2.24, 2.45) is 0 Å². The van der Waals surface area contributed by atoms with Gasteiger partial charge < -0.3 is 10.2 Å². The average molecular weight is 234 g/mol. The minimum absolute atomic E-state index is 0.605. The van der Waals surface area contributed by atoms with Crippen molar-refractivity contribution in [2.45, 2.75) is 45.7 Å². The maximum absolute atomic E-state index is 4.51. The second-order valence-corrected chi connectivity index (χ2v) is 4.73. The molecule has 1 atom stereocenters. The van der Waals surface area contributed by atoms with E-state index < -0.39 is 0 Å². The summed E-state index contributed by atoms with van der Waals surface area (Å²) in [5, 5.41) is 3.33. The predicted molar refractivity (Wildman–Crippen MR) is 70.1 cm³/mol. The summed E-state index contributed by atoms with van der Waals surface area (Å²) in [6, 6.07) is 0.605. The number of nitrogens with one attached hydrogen (secondary N) is 1. The van der Waals surface area contributed by atoms with E-state index in [1.807, 2.05) is 12.4 Å². The van der Waals surface area contributed by atoms with Crippen LogP contribution in [0.2, 0.25) is 0 Å². The summed E-state index contributed by atoms with van der Waals surface area (Å²) in [5.41, 5.74) is 1.02. The quantitative estimate of drug-likeness (QED) is 0.791. The van der Waals surface area contributed by atoms with Crippen molar-refractivity contribution in [3.63, 3.8) is 0 Å². The molecule has 1 aromatic rings. The van der Waals surface area contributed by atoms with Gasteiger partial charge in [0, 0.05) is 19.1 Å². The summed E-state index contributed by atoms with van der Waals surface area (Å²) >= 11 is 0. The van der Waals surface area contributed by atoms with E-state index >= 15 is 0 Å². The molecule has 2 heterocycles. The van der Waals surface area contributed by atoms with Crippen LogP contribution in [0.25, 0.3) is 0 Å². The molecule has 1 aromatic heterocycles. The molecular formula is C13H22N4. The lowest BCUT2D eigenvalue weighted by Crippen LogP contribution is -2.27. The van der Waals surface area contributed by atoms with Gasteiger partial charge in [-0.3, -0.25) is 4.98 Å². The second kappa shape index (κ2) is 5.96. The Kier molecular flexibility index (Phi) is 4.31. The highest BCUT2D eigenvalue weighted by molar-refractivity contribution is 5.38. The van der Waals surface area contributed by atoms with Gasteiger partial charge in [-0.25, -0.2) is 4.98 Å². The summed E-state index contributed by atoms with van der Waals surface area (Å²) in [6.45, 7) is 7.38. The molecule has 0 saturated carbocycles. The van der Waals surface area contributed by atoms with Gasteiger partial charge in [0.05, 0.1) is 18.1 Å². The molecule has 0 spiro atoms. The van der Waals surface area contributed by atoms with Crippen molar-refractivity contribution >= 4 is 5.82 Å². The zero-order valence-electron chi connectivity index (χ0n) is 10.8. The summed E-state index contributed by atoms with van der Waals surface area (Å²) in [7, 11) is 0. The first-order valence-corrected chi connectivity index (χ1v) is 6.59. The molecule has 0 amide bonds. The van der Waals surface area contributed by atoms with Crippen molar-refractivity contribution in [3.8, 4) is 0 Å². The fraction of sp³-hybridized carbons (Fsp3) is 0.692. The van der Waals surface area contributed by atoms with Crippen molar-refractivity contribution in [1.82, 2.24) is 15.3 Å². The zero-order valence-corrected chi connectivity index (χ0v) is 10.8. The van der Waals surface area contributed by atoms with Crippen molar-refractivity contribution < 1.29 is 0 Å². The third kappa shape index (κ3) is 3.16. The van der Waals surface area contributed by atoms with Crippen LogP contribution >= 0.6 is 0 Å². The lowest BCUT2D eigenvalue weighted by Gasteiger charge is -2.22. The Balaban J connectivity index is 1.93. The van der Waals surface area contributed by atoms with Crippen LogP contribution in [0.5, 0.6) is 0 Å². The third-order valence-electron chi connectivity index (χ3n) is 3.27. The highest BCUT2D eigenvalue weighted by Gasteiger charge is 2.21. The topological polar surface area (TPSA) is 41.1 Å². The first kappa shape index (κ1) is 12.3. The van der Waals surface area contributed by atoms with Crippen LogP contribution in [0.15, 0.2) is 12.4 Å². The standard InChI is InChI=1S/C13H22N4/c1-3-6-14-8-12-9-16-13(10-15-12)17-7-4-5-11(17)2/h9-11,14H,3-8H2,1-2H3. The van der Waals surface area contributed by atoms with Gasteiger partial charge in [-0.05, 0) is 32.7 Å². The van der Waals surface area contributed by atoms with E-state index in [-0.39, 0.29) is 0 Å². The Hall–Kier alpha value is -1.16. The van der Waals surface area contributed by atoms with Gasteiger partial charge in [0.2, 0.25) is 0 Å².